The first-order valence-electron chi connectivity index (χ1n) is 7.12. The molecular formula is C17H19NO5. The summed E-state index contributed by atoms with van der Waals surface area (Å²) in [5.74, 6) is -0.808. The number of allylic oxidation sites excluding steroid dienone is 1. The van der Waals surface area contributed by atoms with Crippen LogP contribution < -0.4 is 14.8 Å². The fourth-order valence-corrected chi connectivity index (χ4v) is 2.31. The fraction of sp³-hybridized carbons (Fsp3) is 0.294. The van der Waals surface area contributed by atoms with Crippen LogP contribution >= 0.6 is 0 Å². The van der Waals surface area contributed by atoms with Crippen LogP contribution in [0.15, 0.2) is 36.2 Å². The van der Waals surface area contributed by atoms with Crippen LogP contribution in [-0.4, -0.2) is 32.6 Å². The molecule has 2 rings (SSSR count). The number of hydrogen-bond donors (Lipinski definition) is 1. The quantitative estimate of drug-likeness (QED) is 0.508. The average Bonchev–Trinajstić information content (AvgIpc) is 2.81. The highest BCUT2D eigenvalue weighted by Gasteiger charge is 2.39. The number of rotatable bonds is 5. The van der Waals surface area contributed by atoms with E-state index in [2.05, 4.69) is 11.9 Å². The van der Waals surface area contributed by atoms with Crippen LogP contribution in [0.1, 0.15) is 12.5 Å². The van der Waals surface area contributed by atoms with Crippen LogP contribution in [0.4, 0.5) is 0 Å². The zero-order chi connectivity index (χ0) is 17.0. The number of methoxy groups -OCH3 is 2. The number of benzene rings is 1. The van der Waals surface area contributed by atoms with Gasteiger partial charge in [-0.15, -0.1) is 0 Å². The number of hydrogen-bond acceptors (Lipinski definition) is 6. The summed E-state index contributed by atoms with van der Waals surface area (Å²) >= 11 is 0. The summed E-state index contributed by atoms with van der Waals surface area (Å²) in [6.07, 6.45) is 1.63. The number of Topliss-reactive ketones (excluding diaryl/α,β-unsaturated/α-hetero) is 1. The molecule has 0 radical (unpaired) electrons. The van der Waals surface area contributed by atoms with Crippen molar-refractivity contribution in [2.75, 3.05) is 20.8 Å². The van der Waals surface area contributed by atoms with Crippen LogP contribution in [0, 0.1) is 5.92 Å². The van der Waals surface area contributed by atoms with Gasteiger partial charge in [-0.05, 0) is 30.7 Å². The number of carbonyl (C=O) groups is 2. The number of esters is 1. The van der Waals surface area contributed by atoms with Gasteiger partial charge in [0, 0.05) is 5.70 Å². The largest absolute Gasteiger partial charge is 0.493 e. The Morgan fingerprint density at radius 3 is 2.61 bits per heavy atom. The van der Waals surface area contributed by atoms with E-state index in [-0.39, 0.29) is 12.4 Å². The normalized spacial score (nSPS) is 18.7. The van der Waals surface area contributed by atoms with Gasteiger partial charge in [-0.1, -0.05) is 12.6 Å². The predicted molar refractivity (Wildman–Crippen MR) is 84.9 cm³/mol. The van der Waals surface area contributed by atoms with Gasteiger partial charge in [0.25, 0.3) is 0 Å². The monoisotopic (exact) mass is 317 g/mol. The summed E-state index contributed by atoms with van der Waals surface area (Å²) in [6.45, 7) is 5.63. The Bertz CT molecular complexity index is 678. The minimum absolute atomic E-state index is 0.213. The van der Waals surface area contributed by atoms with E-state index in [1.54, 1.807) is 38.3 Å². The lowest BCUT2D eigenvalue weighted by Gasteiger charge is -2.08. The zero-order valence-corrected chi connectivity index (χ0v) is 13.3. The summed E-state index contributed by atoms with van der Waals surface area (Å²) in [5.41, 5.74) is 1.34. The number of carbonyl (C=O) groups excluding carboxylic acids is 2. The molecule has 1 heterocycles. The molecule has 0 aliphatic carbocycles. The number of ketones is 1. The Labute approximate surface area is 134 Å². The van der Waals surface area contributed by atoms with Crippen molar-refractivity contribution in [2.45, 2.75) is 6.92 Å². The van der Waals surface area contributed by atoms with E-state index >= 15 is 0 Å². The second-order valence-electron chi connectivity index (χ2n) is 4.87. The van der Waals surface area contributed by atoms with Crippen LogP contribution in [0.5, 0.6) is 11.5 Å². The molecule has 0 spiro atoms. The summed E-state index contributed by atoms with van der Waals surface area (Å²) < 4.78 is 15.3. The molecule has 0 saturated carbocycles. The SMILES string of the molecule is C=C1NC(=Cc2ccc(OC)c(OC)c2)C(=O)C1C(=O)OCC. The van der Waals surface area contributed by atoms with Gasteiger partial charge in [-0.25, -0.2) is 0 Å². The molecule has 1 atom stereocenters. The van der Waals surface area contributed by atoms with Crippen LogP contribution in [-0.2, 0) is 14.3 Å². The minimum Gasteiger partial charge on any atom is -0.493 e. The maximum Gasteiger partial charge on any atom is 0.322 e. The van der Waals surface area contributed by atoms with Crippen molar-refractivity contribution in [1.82, 2.24) is 5.32 Å². The van der Waals surface area contributed by atoms with Gasteiger partial charge in [0.1, 0.15) is 0 Å². The van der Waals surface area contributed by atoms with Gasteiger partial charge in [0.2, 0.25) is 0 Å². The highest BCUT2D eigenvalue weighted by Crippen LogP contribution is 2.30. The van der Waals surface area contributed by atoms with E-state index in [1.165, 1.54) is 7.11 Å². The molecule has 1 saturated heterocycles. The zero-order valence-electron chi connectivity index (χ0n) is 13.3. The Balaban J connectivity index is 2.29. The molecule has 0 amide bonds. The minimum atomic E-state index is -0.999. The lowest BCUT2D eigenvalue weighted by molar-refractivity contribution is -0.148. The topological polar surface area (TPSA) is 73.9 Å². The molecule has 1 unspecified atom stereocenters. The highest BCUT2D eigenvalue weighted by atomic mass is 16.5. The molecule has 1 aromatic rings. The van der Waals surface area contributed by atoms with E-state index in [1.807, 2.05) is 0 Å². The summed E-state index contributed by atoms with van der Waals surface area (Å²) in [5, 5.41) is 2.85. The molecule has 122 valence electrons. The average molecular weight is 317 g/mol. The maximum atomic E-state index is 12.4. The molecule has 0 aromatic heterocycles. The summed E-state index contributed by atoms with van der Waals surface area (Å²) in [6, 6.07) is 5.26. The molecule has 23 heavy (non-hydrogen) atoms. The molecule has 1 N–H and O–H groups in total. The van der Waals surface area contributed by atoms with E-state index in [0.29, 0.717) is 22.9 Å². The lowest BCUT2D eigenvalue weighted by Crippen LogP contribution is -2.23. The Morgan fingerprint density at radius 2 is 2.00 bits per heavy atom. The first-order valence-corrected chi connectivity index (χ1v) is 7.12. The molecular weight excluding hydrogens is 298 g/mol. The molecule has 1 aliphatic heterocycles. The third kappa shape index (κ3) is 3.36. The Hall–Kier alpha value is -2.76. The molecule has 1 aromatic carbocycles. The molecule has 1 fully saturated rings. The molecule has 1 aliphatic rings. The van der Waals surface area contributed by atoms with Crippen LogP contribution in [0.3, 0.4) is 0 Å². The van der Waals surface area contributed by atoms with Gasteiger partial charge < -0.3 is 19.5 Å². The predicted octanol–water partition coefficient (Wildman–Crippen LogP) is 1.91. The molecule has 6 nitrogen and oxygen atoms in total. The van der Waals surface area contributed by atoms with Gasteiger partial charge >= 0.3 is 5.97 Å². The van der Waals surface area contributed by atoms with E-state index in [4.69, 9.17) is 14.2 Å². The van der Waals surface area contributed by atoms with E-state index in [0.717, 1.165) is 5.56 Å². The van der Waals surface area contributed by atoms with Gasteiger partial charge in [-0.2, -0.15) is 0 Å². The fourth-order valence-electron chi connectivity index (χ4n) is 2.31. The van der Waals surface area contributed by atoms with Gasteiger partial charge in [0.05, 0.1) is 26.5 Å². The number of nitrogens with one attached hydrogen (secondary N) is 1. The van der Waals surface area contributed by atoms with Crippen LogP contribution in [0.2, 0.25) is 0 Å². The first kappa shape index (κ1) is 16.6. The maximum absolute atomic E-state index is 12.4. The highest BCUT2D eigenvalue weighted by molar-refractivity contribution is 6.15. The lowest BCUT2D eigenvalue weighted by atomic mass is 10.0. The number of ether oxygens (including phenoxy) is 3. The molecule has 6 heteroatoms. The first-order chi connectivity index (χ1) is 11.0. The van der Waals surface area contributed by atoms with Crippen molar-refractivity contribution < 1.29 is 23.8 Å². The summed E-state index contributed by atoms with van der Waals surface area (Å²) in [7, 11) is 3.08. The summed E-state index contributed by atoms with van der Waals surface area (Å²) in [4.78, 5) is 24.2. The van der Waals surface area contributed by atoms with Crippen molar-refractivity contribution in [3.63, 3.8) is 0 Å². The van der Waals surface area contributed by atoms with E-state index in [9.17, 15) is 9.59 Å². The second-order valence-corrected chi connectivity index (χ2v) is 4.87. The van der Waals surface area contributed by atoms with Crippen molar-refractivity contribution in [2.24, 2.45) is 5.92 Å². The van der Waals surface area contributed by atoms with Gasteiger partial charge in [0.15, 0.2) is 23.2 Å². The standard InChI is InChI=1S/C17H19NO5/c1-5-23-17(20)15-10(2)18-12(16(15)19)8-11-6-7-13(21-3)14(9-11)22-4/h6-9,15,18H,2,5H2,1,3-4H3. The second kappa shape index (κ2) is 7.00. The third-order valence-electron chi connectivity index (χ3n) is 3.41. The van der Waals surface area contributed by atoms with E-state index < -0.39 is 11.9 Å². The molecule has 0 bridgehead atoms. The van der Waals surface area contributed by atoms with Crippen molar-refractivity contribution >= 4 is 17.8 Å². The van der Waals surface area contributed by atoms with Crippen LogP contribution in [0.25, 0.3) is 6.08 Å². The van der Waals surface area contributed by atoms with Crippen molar-refractivity contribution in [3.05, 3.63) is 41.7 Å². The van der Waals surface area contributed by atoms with Gasteiger partial charge in [-0.3, -0.25) is 9.59 Å². The Morgan fingerprint density at radius 1 is 1.30 bits per heavy atom. The Kier molecular flexibility index (Phi) is 5.05. The van der Waals surface area contributed by atoms with Crippen molar-refractivity contribution in [1.29, 1.82) is 0 Å². The van der Waals surface area contributed by atoms with Crippen molar-refractivity contribution in [3.8, 4) is 11.5 Å². The third-order valence-corrected chi connectivity index (χ3v) is 3.41. The smallest absolute Gasteiger partial charge is 0.322 e.